The van der Waals surface area contributed by atoms with Crippen molar-refractivity contribution in [2.45, 2.75) is 26.9 Å². The van der Waals surface area contributed by atoms with E-state index in [9.17, 15) is 22.8 Å². The standard InChI is InChI=1S/C23H22F3N5O3S/c1-4-34-21(32)19-14(3)31-35-20(19)30-29-13(2)15-8-10-17(11-9-15)27-22(33)28-18-7-5-6-16(12-18)23(24,25)26/h5-12,30H,4H2,1-3H3,(H2,27,28,33)/b29-13+. The number of rotatable bonds is 7. The van der Waals surface area contributed by atoms with Crippen LogP contribution >= 0.6 is 11.5 Å². The number of carbonyl (C=O) groups excluding carboxylic acids is 2. The number of aromatic nitrogens is 1. The van der Waals surface area contributed by atoms with Gasteiger partial charge in [-0.3, -0.25) is 5.43 Å². The van der Waals surface area contributed by atoms with Crippen molar-refractivity contribution in [3.63, 3.8) is 0 Å². The lowest BCUT2D eigenvalue weighted by atomic mass is 10.1. The number of esters is 1. The maximum absolute atomic E-state index is 12.8. The molecule has 3 aromatic rings. The predicted octanol–water partition coefficient (Wildman–Crippen LogP) is 6.13. The van der Waals surface area contributed by atoms with E-state index >= 15 is 0 Å². The van der Waals surface area contributed by atoms with Crippen molar-refractivity contribution in [3.8, 4) is 0 Å². The fourth-order valence-corrected chi connectivity index (χ4v) is 3.68. The summed E-state index contributed by atoms with van der Waals surface area (Å²) in [5.41, 5.74) is 4.65. The average molecular weight is 506 g/mol. The number of aryl methyl sites for hydroxylation is 1. The van der Waals surface area contributed by atoms with E-state index in [1.165, 1.54) is 12.1 Å². The maximum atomic E-state index is 12.8. The second-order valence-corrected chi connectivity index (χ2v) is 8.01. The van der Waals surface area contributed by atoms with E-state index in [2.05, 4.69) is 25.5 Å². The van der Waals surface area contributed by atoms with Gasteiger partial charge in [-0.2, -0.15) is 22.6 Å². The van der Waals surface area contributed by atoms with Crippen LogP contribution in [0.5, 0.6) is 0 Å². The van der Waals surface area contributed by atoms with Crippen LogP contribution in [-0.4, -0.2) is 28.7 Å². The van der Waals surface area contributed by atoms with Crippen molar-refractivity contribution in [3.05, 3.63) is 70.9 Å². The first-order chi connectivity index (χ1) is 16.6. The van der Waals surface area contributed by atoms with Crippen LogP contribution in [0.15, 0.2) is 53.6 Å². The molecule has 0 bridgehead atoms. The molecular formula is C23H22F3N5O3S. The van der Waals surface area contributed by atoms with Gasteiger partial charge in [-0.15, -0.1) is 0 Å². The van der Waals surface area contributed by atoms with Gasteiger partial charge in [-0.05, 0) is 68.2 Å². The molecule has 0 aliphatic rings. The van der Waals surface area contributed by atoms with Crippen LogP contribution in [0.4, 0.5) is 34.3 Å². The summed E-state index contributed by atoms with van der Waals surface area (Å²) in [5, 5.41) is 9.70. The van der Waals surface area contributed by atoms with E-state index < -0.39 is 23.7 Å². The first kappa shape index (κ1) is 25.7. The lowest BCUT2D eigenvalue weighted by molar-refractivity contribution is -0.137. The number of benzene rings is 2. The summed E-state index contributed by atoms with van der Waals surface area (Å²) < 4.78 is 47.7. The SMILES string of the molecule is CCOC(=O)c1c(C)nsc1N/N=C(\C)c1ccc(NC(=O)Nc2cccc(C(F)(F)F)c2)cc1. The van der Waals surface area contributed by atoms with Crippen molar-refractivity contribution in [1.82, 2.24) is 4.37 Å². The molecule has 0 spiro atoms. The minimum atomic E-state index is -4.50. The molecule has 0 saturated heterocycles. The number of hydrogen-bond donors (Lipinski definition) is 3. The van der Waals surface area contributed by atoms with Gasteiger partial charge in [0.15, 0.2) is 0 Å². The molecule has 0 saturated carbocycles. The summed E-state index contributed by atoms with van der Waals surface area (Å²) in [4.78, 5) is 24.3. The van der Waals surface area contributed by atoms with Gasteiger partial charge in [0.05, 0.1) is 23.6 Å². The van der Waals surface area contributed by atoms with E-state index in [4.69, 9.17) is 4.74 Å². The molecule has 184 valence electrons. The molecule has 1 heterocycles. The number of urea groups is 1. The first-order valence-electron chi connectivity index (χ1n) is 10.4. The van der Waals surface area contributed by atoms with Gasteiger partial charge in [-0.1, -0.05) is 18.2 Å². The molecule has 3 rings (SSSR count). The largest absolute Gasteiger partial charge is 0.462 e. The van der Waals surface area contributed by atoms with Crippen LogP contribution in [0.1, 0.15) is 41.0 Å². The van der Waals surface area contributed by atoms with Crippen molar-refractivity contribution in [2.75, 3.05) is 22.7 Å². The highest BCUT2D eigenvalue weighted by Crippen LogP contribution is 2.30. The zero-order valence-electron chi connectivity index (χ0n) is 19.0. The number of anilines is 3. The summed E-state index contributed by atoms with van der Waals surface area (Å²) in [6.07, 6.45) is -4.50. The lowest BCUT2D eigenvalue weighted by Crippen LogP contribution is -2.19. The van der Waals surface area contributed by atoms with Gasteiger partial charge >= 0.3 is 18.2 Å². The highest BCUT2D eigenvalue weighted by Gasteiger charge is 2.30. The Hall–Kier alpha value is -3.93. The molecule has 8 nitrogen and oxygen atoms in total. The maximum Gasteiger partial charge on any atom is 0.416 e. The summed E-state index contributed by atoms with van der Waals surface area (Å²) in [5.74, 6) is -0.479. The van der Waals surface area contributed by atoms with Crippen molar-refractivity contribution >= 4 is 45.6 Å². The molecule has 0 unspecified atom stereocenters. The summed E-state index contributed by atoms with van der Waals surface area (Å²) in [7, 11) is 0. The Morgan fingerprint density at radius 2 is 1.77 bits per heavy atom. The highest BCUT2D eigenvalue weighted by molar-refractivity contribution is 7.10. The van der Waals surface area contributed by atoms with Gasteiger partial charge in [0.25, 0.3) is 0 Å². The number of halogens is 3. The van der Waals surface area contributed by atoms with Gasteiger partial charge in [0.1, 0.15) is 10.6 Å². The Bertz CT molecular complexity index is 1240. The molecule has 2 amide bonds. The molecule has 0 aliphatic carbocycles. The quantitative estimate of drug-likeness (QED) is 0.204. The number of alkyl halides is 3. The number of carbonyl (C=O) groups is 2. The van der Waals surface area contributed by atoms with Crippen LogP contribution in [0.2, 0.25) is 0 Å². The molecule has 0 aliphatic heterocycles. The first-order valence-corrected chi connectivity index (χ1v) is 11.1. The van der Waals surface area contributed by atoms with Crippen LogP contribution < -0.4 is 16.1 Å². The van der Waals surface area contributed by atoms with Gasteiger partial charge in [0, 0.05) is 11.4 Å². The zero-order valence-corrected chi connectivity index (χ0v) is 19.8. The van der Waals surface area contributed by atoms with E-state index in [0.717, 1.165) is 29.2 Å². The number of amides is 2. The van der Waals surface area contributed by atoms with E-state index in [0.29, 0.717) is 27.7 Å². The van der Waals surface area contributed by atoms with E-state index in [-0.39, 0.29) is 12.3 Å². The number of nitrogens with zero attached hydrogens (tertiary/aromatic N) is 2. The van der Waals surface area contributed by atoms with Crippen molar-refractivity contribution in [1.29, 1.82) is 0 Å². The monoisotopic (exact) mass is 505 g/mol. The highest BCUT2D eigenvalue weighted by atomic mass is 32.1. The third-order valence-electron chi connectivity index (χ3n) is 4.68. The Labute approximate surface area is 203 Å². The van der Waals surface area contributed by atoms with Crippen molar-refractivity contribution in [2.24, 2.45) is 5.10 Å². The third-order valence-corrected chi connectivity index (χ3v) is 5.52. The molecule has 12 heteroatoms. The topological polar surface area (TPSA) is 105 Å². The third kappa shape index (κ3) is 6.79. The summed E-state index contributed by atoms with van der Waals surface area (Å²) in [6.45, 7) is 5.43. The minimum absolute atomic E-state index is 0.0171. The van der Waals surface area contributed by atoms with E-state index in [1.54, 1.807) is 45.0 Å². The Kier molecular flexibility index (Phi) is 8.07. The van der Waals surface area contributed by atoms with Gasteiger partial charge < -0.3 is 15.4 Å². The van der Waals surface area contributed by atoms with Crippen LogP contribution in [-0.2, 0) is 10.9 Å². The fourth-order valence-electron chi connectivity index (χ4n) is 2.95. The lowest BCUT2D eigenvalue weighted by Gasteiger charge is -2.11. The van der Waals surface area contributed by atoms with Crippen molar-refractivity contribution < 1.29 is 27.5 Å². The second-order valence-electron chi connectivity index (χ2n) is 7.24. The Morgan fingerprint density at radius 1 is 1.09 bits per heavy atom. The molecule has 1 aromatic heterocycles. The van der Waals surface area contributed by atoms with Crippen LogP contribution in [0, 0.1) is 6.92 Å². The minimum Gasteiger partial charge on any atom is -0.462 e. The number of hydrogen-bond acceptors (Lipinski definition) is 7. The van der Waals surface area contributed by atoms with E-state index in [1.807, 2.05) is 0 Å². The summed E-state index contributed by atoms with van der Waals surface area (Å²) in [6, 6.07) is 10.4. The molecule has 35 heavy (non-hydrogen) atoms. The zero-order chi connectivity index (χ0) is 25.6. The molecular weight excluding hydrogens is 483 g/mol. The van der Waals surface area contributed by atoms with Crippen LogP contribution in [0.25, 0.3) is 0 Å². The fraction of sp³-hybridized carbons (Fsp3) is 0.217. The number of nitrogens with one attached hydrogen (secondary N) is 3. The smallest absolute Gasteiger partial charge is 0.416 e. The predicted molar refractivity (Wildman–Crippen MR) is 129 cm³/mol. The molecule has 0 radical (unpaired) electrons. The molecule has 3 N–H and O–H groups in total. The molecule has 0 atom stereocenters. The average Bonchev–Trinajstić information content (AvgIpc) is 3.18. The normalized spacial score (nSPS) is 11.7. The second kappa shape index (κ2) is 11.0. The number of ether oxygens (including phenoxy) is 1. The molecule has 2 aromatic carbocycles. The molecule has 0 fully saturated rings. The Morgan fingerprint density at radius 3 is 2.43 bits per heavy atom. The summed E-state index contributed by atoms with van der Waals surface area (Å²) >= 11 is 1.09. The number of hydrazone groups is 1. The van der Waals surface area contributed by atoms with Crippen LogP contribution in [0.3, 0.4) is 0 Å². The van der Waals surface area contributed by atoms with Gasteiger partial charge in [0.2, 0.25) is 0 Å². The Balaban J connectivity index is 1.62. The van der Waals surface area contributed by atoms with Gasteiger partial charge in [-0.25, -0.2) is 9.59 Å².